The number of ether oxygens (including phenoxy) is 1. The van der Waals surface area contributed by atoms with Crippen LogP contribution in [0.1, 0.15) is 49.3 Å². The van der Waals surface area contributed by atoms with Gasteiger partial charge in [0, 0.05) is 18.4 Å². The molecule has 0 amide bonds. The van der Waals surface area contributed by atoms with E-state index in [2.05, 4.69) is 4.98 Å². The minimum absolute atomic E-state index is 0.311. The van der Waals surface area contributed by atoms with Gasteiger partial charge in [0.25, 0.3) is 0 Å². The summed E-state index contributed by atoms with van der Waals surface area (Å²) in [5, 5.41) is 0. The Morgan fingerprint density at radius 3 is 3.00 bits per heavy atom. The Morgan fingerprint density at radius 2 is 2.33 bits per heavy atom. The highest BCUT2D eigenvalue weighted by atomic mass is 16.5. The molecule has 0 aliphatic heterocycles. The van der Waals surface area contributed by atoms with Gasteiger partial charge in [-0.15, -0.1) is 0 Å². The summed E-state index contributed by atoms with van der Waals surface area (Å²) in [6.07, 6.45) is 8.31. The molecule has 1 aliphatic rings. The molecule has 4 heteroatoms. The maximum absolute atomic E-state index is 11.6. The molecule has 0 spiro atoms. The highest BCUT2D eigenvalue weighted by molar-refractivity contribution is 5.85. The first-order valence-electron chi connectivity index (χ1n) is 5.53. The van der Waals surface area contributed by atoms with Gasteiger partial charge < -0.3 is 9.30 Å². The number of nitrogens with zero attached hydrogens (tertiary/aromatic N) is 2. The van der Waals surface area contributed by atoms with Gasteiger partial charge in [-0.3, -0.25) is 0 Å². The third-order valence-electron chi connectivity index (χ3n) is 2.84. The quantitative estimate of drug-likeness (QED) is 0.715. The van der Waals surface area contributed by atoms with Crippen molar-refractivity contribution in [3.05, 3.63) is 18.2 Å². The fourth-order valence-corrected chi connectivity index (χ4v) is 2.14. The fraction of sp³-hybridized carbons (Fsp3) is 0.636. The standard InChI is InChI=1S/C11H16N2O2/c1-2-15-11(14)10-12-7-8-13(10)9-5-3-4-6-9/h7-9H,2-6H2,1H3. The predicted octanol–water partition coefficient (Wildman–Crippen LogP) is 2.17. The van der Waals surface area contributed by atoms with Crippen LogP contribution >= 0.6 is 0 Å². The van der Waals surface area contributed by atoms with Crippen LogP contribution in [0.15, 0.2) is 12.4 Å². The molecule has 1 aliphatic carbocycles. The average molecular weight is 208 g/mol. The Bertz CT molecular complexity index is 340. The van der Waals surface area contributed by atoms with Crippen molar-refractivity contribution in [3.8, 4) is 0 Å². The second kappa shape index (κ2) is 4.47. The van der Waals surface area contributed by atoms with Gasteiger partial charge in [-0.1, -0.05) is 12.8 Å². The number of aromatic nitrogens is 2. The Kier molecular flexibility index (Phi) is 3.04. The number of carbonyl (C=O) groups excluding carboxylic acids is 1. The van der Waals surface area contributed by atoms with E-state index in [1.807, 2.05) is 10.8 Å². The Hall–Kier alpha value is -1.32. The number of hydrogen-bond donors (Lipinski definition) is 0. The van der Waals surface area contributed by atoms with Gasteiger partial charge >= 0.3 is 5.97 Å². The lowest BCUT2D eigenvalue weighted by Crippen LogP contribution is -2.15. The second-order valence-corrected chi connectivity index (χ2v) is 3.82. The summed E-state index contributed by atoms with van der Waals surface area (Å²) in [5.74, 6) is 0.137. The van der Waals surface area contributed by atoms with E-state index >= 15 is 0 Å². The molecule has 0 bridgehead atoms. The van der Waals surface area contributed by atoms with E-state index in [1.54, 1.807) is 13.1 Å². The van der Waals surface area contributed by atoms with Crippen molar-refractivity contribution in [2.75, 3.05) is 6.61 Å². The van der Waals surface area contributed by atoms with Gasteiger partial charge in [0.1, 0.15) is 0 Å². The van der Waals surface area contributed by atoms with E-state index in [0.29, 0.717) is 18.5 Å². The van der Waals surface area contributed by atoms with E-state index in [9.17, 15) is 4.79 Å². The monoisotopic (exact) mass is 208 g/mol. The lowest BCUT2D eigenvalue weighted by Gasteiger charge is -2.13. The van der Waals surface area contributed by atoms with Gasteiger partial charge in [-0.25, -0.2) is 9.78 Å². The number of carbonyl (C=O) groups is 1. The van der Waals surface area contributed by atoms with Gasteiger partial charge in [0.15, 0.2) is 0 Å². The van der Waals surface area contributed by atoms with Gasteiger partial charge in [0.05, 0.1) is 6.61 Å². The molecule has 0 aromatic carbocycles. The van der Waals surface area contributed by atoms with Crippen LogP contribution in [0.25, 0.3) is 0 Å². The van der Waals surface area contributed by atoms with Crippen LogP contribution in [0.5, 0.6) is 0 Å². The van der Waals surface area contributed by atoms with E-state index in [1.165, 1.54) is 12.8 Å². The maximum Gasteiger partial charge on any atom is 0.374 e. The zero-order valence-corrected chi connectivity index (χ0v) is 8.98. The van der Waals surface area contributed by atoms with Crippen LogP contribution in [0.3, 0.4) is 0 Å². The molecule has 0 saturated heterocycles. The molecule has 1 aromatic heterocycles. The predicted molar refractivity (Wildman–Crippen MR) is 55.7 cm³/mol. The number of imidazole rings is 1. The maximum atomic E-state index is 11.6. The molecule has 0 N–H and O–H groups in total. The van der Waals surface area contributed by atoms with Crippen LogP contribution in [0.2, 0.25) is 0 Å². The fourth-order valence-electron chi connectivity index (χ4n) is 2.14. The summed E-state index contributed by atoms with van der Waals surface area (Å²) in [4.78, 5) is 15.6. The summed E-state index contributed by atoms with van der Waals surface area (Å²) < 4.78 is 6.93. The molecule has 4 nitrogen and oxygen atoms in total. The molecule has 1 heterocycles. The molecule has 0 unspecified atom stereocenters. The third-order valence-corrected chi connectivity index (χ3v) is 2.84. The van der Waals surface area contributed by atoms with E-state index in [4.69, 9.17) is 4.74 Å². The zero-order valence-electron chi connectivity index (χ0n) is 8.98. The summed E-state index contributed by atoms with van der Waals surface area (Å²) in [5.41, 5.74) is 0. The Labute approximate surface area is 89.3 Å². The van der Waals surface area contributed by atoms with E-state index in [-0.39, 0.29) is 5.97 Å². The minimum Gasteiger partial charge on any atom is -0.460 e. The summed E-state index contributed by atoms with van der Waals surface area (Å²) in [6, 6.07) is 0.437. The van der Waals surface area contributed by atoms with Crippen LogP contribution in [-0.2, 0) is 4.74 Å². The van der Waals surface area contributed by atoms with Crippen LogP contribution in [0, 0.1) is 0 Å². The number of esters is 1. The normalized spacial score (nSPS) is 16.9. The first kappa shape index (κ1) is 10.2. The minimum atomic E-state index is -0.311. The third kappa shape index (κ3) is 2.03. The van der Waals surface area contributed by atoms with Gasteiger partial charge in [0.2, 0.25) is 5.82 Å². The lowest BCUT2D eigenvalue weighted by molar-refractivity contribution is 0.0503. The zero-order chi connectivity index (χ0) is 10.7. The topological polar surface area (TPSA) is 44.1 Å². The number of hydrogen-bond acceptors (Lipinski definition) is 3. The Morgan fingerprint density at radius 1 is 1.60 bits per heavy atom. The largest absolute Gasteiger partial charge is 0.460 e. The number of rotatable bonds is 3. The van der Waals surface area contributed by atoms with Crippen LogP contribution in [-0.4, -0.2) is 22.1 Å². The van der Waals surface area contributed by atoms with Crippen molar-refractivity contribution in [2.24, 2.45) is 0 Å². The summed E-state index contributed by atoms with van der Waals surface area (Å²) in [7, 11) is 0. The molecule has 1 saturated carbocycles. The van der Waals surface area contributed by atoms with Crippen molar-refractivity contribution in [3.63, 3.8) is 0 Å². The summed E-state index contributed by atoms with van der Waals surface area (Å²) in [6.45, 7) is 2.21. The van der Waals surface area contributed by atoms with Gasteiger partial charge in [-0.05, 0) is 19.8 Å². The van der Waals surface area contributed by atoms with E-state index in [0.717, 1.165) is 12.8 Å². The molecule has 15 heavy (non-hydrogen) atoms. The smallest absolute Gasteiger partial charge is 0.374 e. The van der Waals surface area contributed by atoms with Crippen molar-refractivity contribution in [1.29, 1.82) is 0 Å². The van der Waals surface area contributed by atoms with Crippen molar-refractivity contribution in [1.82, 2.24) is 9.55 Å². The van der Waals surface area contributed by atoms with Gasteiger partial charge in [-0.2, -0.15) is 0 Å². The molecule has 1 fully saturated rings. The van der Waals surface area contributed by atoms with Crippen molar-refractivity contribution in [2.45, 2.75) is 38.6 Å². The van der Waals surface area contributed by atoms with Crippen molar-refractivity contribution >= 4 is 5.97 Å². The summed E-state index contributed by atoms with van der Waals surface area (Å²) >= 11 is 0. The first-order valence-corrected chi connectivity index (χ1v) is 5.53. The molecule has 2 rings (SSSR count). The van der Waals surface area contributed by atoms with Crippen molar-refractivity contribution < 1.29 is 9.53 Å². The SMILES string of the molecule is CCOC(=O)c1nccn1C1CCCC1. The molecule has 82 valence electrons. The lowest BCUT2D eigenvalue weighted by atomic mass is 10.2. The second-order valence-electron chi connectivity index (χ2n) is 3.82. The van der Waals surface area contributed by atoms with E-state index < -0.39 is 0 Å². The average Bonchev–Trinajstić information content (AvgIpc) is 2.88. The first-order chi connectivity index (χ1) is 7.33. The van der Waals surface area contributed by atoms with Crippen LogP contribution < -0.4 is 0 Å². The molecular weight excluding hydrogens is 192 g/mol. The molecular formula is C11H16N2O2. The Balaban J connectivity index is 2.17. The highest BCUT2D eigenvalue weighted by Crippen LogP contribution is 2.30. The van der Waals surface area contributed by atoms with Crippen LogP contribution in [0.4, 0.5) is 0 Å². The molecule has 1 aromatic rings. The molecule has 0 atom stereocenters. The highest BCUT2D eigenvalue weighted by Gasteiger charge is 2.22. The molecule has 0 radical (unpaired) electrons.